The SMILES string of the molecule is CCCCNc1cc(NCc2ccccc2F)nc(C)n1. The molecule has 21 heavy (non-hydrogen) atoms. The third-order valence-corrected chi connectivity index (χ3v) is 3.09. The maximum absolute atomic E-state index is 13.6. The fourth-order valence-electron chi connectivity index (χ4n) is 1.97. The number of unbranched alkanes of at least 4 members (excludes halogenated alkanes) is 1. The van der Waals surface area contributed by atoms with Crippen molar-refractivity contribution < 1.29 is 4.39 Å². The predicted octanol–water partition coefficient (Wildman–Crippen LogP) is 3.75. The van der Waals surface area contributed by atoms with Gasteiger partial charge in [-0.3, -0.25) is 0 Å². The van der Waals surface area contributed by atoms with Crippen LogP contribution >= 0.6 is 0 Å². The Hall–Kier alpha value is -2.17. The lowest BCUT2D eigenvalue weighted by atomic mass is 10.2. The zero-order valence-electron chi connectivity index (χ0n) is 12.5. The van der Waals surface area contributed by atoms with Crippen LogP contribution in [-0.4, -0.2) is 16.5 Å². The molecule has 0 bridgehead atoms. The van der Waals surface area contributed by atoms with Gasteiger partial charge < -0.3 is 10.6 Å². The van der Waals surface area contributed by atoms with E-state index in [9.17, 15) is 4.39 Å². The largest absolute Gasteiger partial charge is 0.370 e. The van der Waals surface area contributed by atoms with Gasteiger partial charge in [-0.2, -0.15) is 0 Å². The van der Waals surface area contributed by atoms with Crippen LogP contribution in [-0.2, 0) is 6.54 Å². The highest BCUT2D eigenvalue weighted by atomic mass is 19.1. The second-order valence-electron chi connectivity index (χ2n) is 4.91. The van der Waals surface area contributed by atoms with Gasteiger partial charge in [0.05, 0.1) is 0 Å². The minimum absolute atomic E-state index is 0.211. The summed E-state index contributed by atoms with van der Waals surface area (Å²) in [5, 5.41) is 6.41. The molecule has 1 aromatic heterocycles. The number of halogens is 1. The van der Waals surface area contributed by atoms with E-state index in [1.54, 1.807) is 12.1 Å². The van der Waals surface area contributed by atoms with Gasteiger partial charge in [-0.25, -0.2) is 14.4 Å². The molecule has 0 radical (unpaired) electrons. The Bertz CT molecular complexity index is 586. The first kappa shape index (κ1) is 15.2. The molecule has 4 nitrogen and oxygen atoms in total. The highest BCUT2D eigenvalue weighted by Crippen LogP contribution is 2.14. The van der Waals surface area contributed by atoms with Crippen molar-refractivity contribution >= 4 is 11.6 Å². The zero-order chi connectivity index (χ0) is 15.1. The number of hydrogen-bond donors (Lipinski definition) is 2. The molecule has 0 unspecified atom stereocenters. The van der Waals surface area contributed by atoms with Gasteiger partial charge in [-0.1, -0.05) is 31.5 Å². The van der Waals surface area contributed by atoms with Gasteiger partial charge in [0.1, 0.15) is 23.3 Å². The summed E-state index contributed by atoms with van der Waals surface area (Å²) in [6.07, 6.45) is 2.23. The van der Waals surface area contributed by atoms with E-state index < -0.39 is 0 Å². The monoisotopic (exact) mass is 288 g/mol. The van der Waals surface area contributed by atoms with Crippen LogP contribution in [0.2, 0.25) is 0 Å². The van der Waals surface area contributed by atoms with Gasteiger partial charge in [0.15, 0.2) is 0 Å². The van der Waals surface area contributed by atoms with Crippen LogP contribution in [0.5, 0.6) is 0 Å². The number of hydrogen-bond acceptors (Lipinski definition) is 4. The summed E-state index contributed by atoms with van der Waals surface area (Å²) in [5.41, 5.74) is 0.620. The molecule has 0 aliphatic heterocycles. The number of anilines is 2. The Morgan fingerprint density at radius 3 is 2.52 bits per heavy atom. The van der Waals surface area contributed by atoms with Crippen molar-refractivity contribution in [3.8, 4) is 0 Å². The van der Waals surface area contributed by atoms with Gasteiger partial charge >= 0.3 is 0 Å². The van der Waals surface area contributed by atoms with E-state index in [1.807, 2.05) is 19.1 Å². The van der Waals surface area contributed by atoms with Crippen molar-refractivity contribution in [1.82, 2.24) is 9.97 Å². The van der Waals surface area contributed by atoms with E-state index in [0.717, 1.165) is 25.2 Å². The molecule has 0 spiro atoms. The Morgan fingerprint density at radius 1 is 1.10 bits per heavy atom. The van der Waals surface area contributed by atoms with E-state index in [0.29, 0.717) is 23.8 Å². The van der Waals surface area contributed by atoms with E-state index in [4.69, 9.17) is 0 Å². The fourth-order valence-corrected chi connectivity index (χ4v) is 1.97. The average molecular weight is 288 g/mol. The highest BCUT2D eigenvalue weighted by Gasteiger charge is 2.04. The van der Waals surface area contributed by atoms with E-state index in [-0.39, 0.29) is 5.82 Å². The van der Waals surface area contributed by atoms with Crippen molar-refractivity contribution in [2.45, 2.75) is 33.2 Å². The molecular weight excluding hydrogens is 267 g/mol. The lowest BCUT2D eigenvalue weighted by molar-refractivity contribution is 0.613. The van der Waals surface area contributed by atoms with Gasteiger partial charge in [0, 0.05) is 24.7 Å². The Kier molecular flexibility index (Phi) is 5.49. The molecule has 2 aromatic rings. The second kappa shape index (κ2) is 7.57. The van der Waals surface area contributed by atoms with E-state index in [1.165, 1.54) is 6.07 Å². The van der Waals surface area contributed by atoms with Gasteiger partial charge in [0.25, 0.3) is 0 Å². The molecule has 112 valence electrons. The molecule has 0 aliphatic carbocycles. The smallest absolute Gasteiger partial charge is 0.132 e. The fraction of sp³-hybridized carbons (Fsp3) is 0.375. The Labute approximate surface area is 124 Å². The summed E-state index contributed by atoms with van der Waals surface area (Å²) >= 11 is 0. The lowest BCUT2D eigenvalue weighted by Crippen LogP contribution is -2.08. The topological polar surface area (TPSA) is 49.8 Å². The van der Waals surface area contributed by atoms with Crippen LogP contribution in [0.1, 0.15) is 31.2 Å². The molecule has 0 saturated carbocycles. The lowest BCUT2D eigenvalue weighted by Gasteiger charge is -2.10. The average Bonchev–Trinajstić information content (AvgIpc) is 2.46. The molecule has 0 aliphatic rings. The van der Waals surface area contributed by atoms with Crippen LogP contribution in [0.3, 0.4) is 0 Å². The summed E-state index contributed by atoms with van der Waals surface area (Å²) in [4.78, 5) is 8.66. The molecule has 0 fully saturated rings. The van der Waals surface area contributed by atoms with Crippen LogP contribution in [0.4, 0.5) is 16.0 Å². The van der Waals surface area contributed by atoms with Gasteiger partial charge in [-0.05, 0) is 19.4 Å². The number of nitrogens with zero attached hydrogens (tertiary/aromatic N) is 2. The van der Waals surface area contributed by atoms with Crippen LogP contribution < -0.4 is 10.6 Å². The number of rotatable bonds is 7. The van der Waals surface area contributed by atoms with Crippen molar-refractivity contribution in [3.63, 3.8) is 0 Å². The minimum Gasteiger partial charge on any atom is -0.370 e. The Balaban J connectivity index is 2.01. The first-order valence-electron chi connectivity index (χ1n) is 7.26. The molecule has 1 heterocycles. The minimum atomic E-state index is -0.211. The molecule has 2 N–H and O–H groups in total. The quantitative estimate of drug-likeness (QED) is 0.762. The van der Waals surface area contributed by atoms with Gasteiger partial charge in [-0.15, -0.1) is 0 Å². The summed E-state index contributed by atoms with van der Waals surface area (Å²) in [7, 11) is 0. The summed E-state index contributed by atoms with van der Waals surface area (Å²) in [5.74, 6) is 1.97. The molecular formula is C16H21FN4. The number of benzene rings is 1. The van der Waals surface area contributed by atoms with Crippen molar-refractivity contribution in [2.24, 2.45) is 0 Å². The standard InChI is InChI=1S/C16H21FN4/c1-3-4-9-18-15-10-16(21-12(2)20-15)19-11-13-7-5-6-8-14(13)17/h5-8,10H,3-4,9,11H2,1-2H3,(H2,18,19,20,21). The second-order valence-corrected chi connectivity index (χ2v) is 4.91. The molecule has 1 aromatic carbocycles. The third-order valence-electron chi connectivity index (χ3n) is 3.09. The van der Waals surface area contributed by atoms with Crippen molar-refractivity contribution in [3.05, 3.63) is 47.5 Å². The molecule has 2 rings (SSSR count). The van der Waals surface area contributed by atoms with Crippen LogP contribution in [0, 0.1) is 12.7 Å². The van der Waals surface area contributed by atoms with Crippen LogP contribution in [0.25, 0.3) is 0 Å². The highest BCUT2D eigenvalue weighted by molar-refractivity contribution is 5.47. The van der Waals surface area contributed by atoms with Crippen LogP contribution in [0.15, 0.2) is 30.3 Å². The maximum atomic E-state index is 13.6. The van der Waals surface area contributed by atoms with Gasteiger partial charge in [0.2, 0.25) is 0 Å². The van der Waals surface area contributed by atoms with E-state index >= 15 is 0 Å². The van der Waals surface area contributed by atoms with Crippen molar-refractivity contribution in [2.75, 3.05) is 17.2 Å². The number of aryl methyl sites for hydroxylation is 1. The summed E-state index contributed by atoms with van der Waals surface area (Å²) in [6.45, 7) is 5.28. The third kappa shape index (κ3) is 4.70. The zero-order valence-corrected chi connectivity index (χ0v) is 12.5. The molecule has 5 heteroatoms. The predicted molar refractivity (Wildman–Crippen MR) is 83.9 cm³/mol. The maximum Gasteiger partial charge on any atom is 0.132 e. The first-order valence-corrected chi connectivity index (χ1v) is 7.26. The summed E-state index contributed by atoms with van der Waals surface area (Å²) < 4.78 is 13.6. The van der Waals surface area contributed by atoms with Crippen molar-refractivity contribution in [1.29, 1.82) is 0 Å². The molecule has 0 amide bonds. The summed E-state index contributed by atoms with van der Waals surface area (Å²) in [6, 6.07) is 8.58. The normalized spacial score (nSPS) is 10.4. The molecule has 0 atom stereocenters. The van der Waals surface area contributed by atoms with E-state index in [2.05, 4.69) is 27.5 Å². The Morgan fingerprint density at radius 2 is 1.81 bits per heavy atom. The molecule has 0 saturated heterocycles. The number of nitrogens with one attached hydrogen (secondary N) is 2. The number of aromatic nitrogens is 2. The first-order chi connectivity index (χ1) is 10.2.